The Morgan fingerprint density at radius 1 is 1.35 bits per heavy atom. The van der Waals surface area contributed by atoms with Crippen LogP contribution < -0.4 is 10.5 Å². The van der Waals surface area contributed by atoms with Gasteiger partial charge in [0.25, 0.3) is 0 Å². The molecule has 4 nitrogen and oxygen atoms in total. The third kappa shape index (κ3) is 2.96. The number of nitrogens with zero attached hydrogens (tertiary/aromatic N) is 1. The summed E-state index contributed by atoms with van der Waals surface area (Å²) in [6.45, 7) is 5.26. The van der Waals surface area contributed by atoms with Crippen molar-refractivity contribution in [1.29, 1.82) is 0 Å². The molecule has 1 aromatic rings. The second-order valence-corrected chi connectivity index (χ2v) is 5.15. The summed E-state index contributed by atoms with van der Waals surface area (Å²) in [5.74, 6) is 1.03. The smallest absolute Gasteiger partial charge is 0.223 e. The molecule has 1 fully saturated rings. The van der Waals surface area contributed by atoms with Crippen LogP contribution in [-0.4, -0.2) is 30.0 Å². The summed E-state index contributed by atoms with van der Waals surface area (Å²) in [7, 11) is 0. The van der Waals surface area contributed by atoms with E-state index in [0.29, 0.717) is 19.6 Å². The molecule has 1 aromatic carbocycles. The predicted octanol–water partition coefficient (Wildman–Crippen LogP) is 2.49. The van der Waals surface area contributed by atoms with E-state index >= 15 is 0 Å². The summed E-state index contributed by atoms with van der Waals surface area (Å²) in [5.41, 5.74) is 7.38. The Bertz CT molecular complexity index is 462. The first-order valence-electron chi connectivity index (χ1n) is 7.45. The molecule has 2 atom stereocenters. The van der Waals surface area contributed by atoms with Gasteiger partial charge >= 0.3 is 0 Å². The van der Waals surface area contributed by atoms with E-state index < -0.39 is 0 Å². The van der Waals surface area contributed by atoms with Crippen molar-refractivity contribution in [2.45, 2.75) is 45.2 Å². The van der Waals surface area contributed by atoms with E-state index in [9.17, 15) is 4.79 Å². The molecule has 1 aliphatic rings. The van der Waals surface area contributed by atoms with E-state index in [-0.39, 0.29) is 18.0 Å². The summed E-state index contributed by atoms with van der Waals surface area (Å²) in [6.07, 6.45) is 2.33. The van der Waals surface area contributed by atoms with Crippen molar-refractivity contribution < 1.29 is 9.53 Å². The zero-order chi connectivity index (χ0) is 14.5. The van der Waals surface area contributed by atoms with Crippen LogP contribution in [0.1, 0.15) is 44.7 Å². The molecule has 1 saturated heterocycles. The van der Waals surface area contributed by atoms with Gasteiger partial charge in [-0.15, -0.1) is 0 Å². The minimum absolute atomic E-state index is 0.0389. The molecular weight excluding hydrogens is 252 g/mol. The van der Waals surface area contributed by atoms with E-state index in [1.54, 1.807) is 0 Å². The number of nitrogens with two attached hydrogens (primary N) is 1. The Hall–Kier alpha value is -1.55. The van der Waals surface area contributed by atoms with Crippen LogP contribution in [0.15, 0.2) is 24.3 Å². The fourth-order valence-corrected chi connectivity index (χ4v) is 2.96. The topological polar surface area (TPSA) is 55.6 Å². The van der Waals surface area contributed by atoms with E-state index in [1.165, 1.54) is 0 Å². The Kier molecular flexibility index (Phi) is 5.01. The van der Waals surface area contributed by atoms with Crippen LogP contribution in [0.25, 0.3) is 0 Å². The van der Waals surface area contributed by atoms with Gasteiger partial charge in [-0.3, -0.25) is 4.79 Å². The van der Waals surface area contributed by atoms with Gasteiger partial charge in [-0.05, 0) is 32.8 Å². The third-order valence-corrected chi connectivity index (χ3v) is 3.87. The third-order valence-electron chi connectivity index (χ3n) is 3.87. The fourth-order valence-electron chi connectivity index (χ4n) is 2.96. The number of rotatable bonds is 4. The molecule has 1 heterocycles. The zero-order valence-corrected chi connectivity index (χ0v) is 12.3. The highest BCUT2D eigenvalue weighted by molar-refractivity contribution is 5.77. The van der Waals surface area contributed by atoms with Gasteiger partial charge in [-0.25, -0.2) is 0 Å². The van der Waals surface area contributed by atoms with Crippen molar-refractivity contribution >= 4 is 5.91 Å². The molecule has 4 heteroatoms. The number of likely N-dealkylation sites (N-methyl/N-ethyl adjacent to an activating group) is 1. The Morgan fingerprint density at radius 2 is 2.10 bits per heavy atom. The highest BCUT2D eigenvalue weighted by Crippen LogP contribution is 2.35. The summed E-state index contributed by atoms with van der Waals surface area (Å²) >= 11 is 0. The Labute approximate surface area is 120 Å². The number of hydrogen-bond donors (Lipinski definition) is 1. The van der Waals surface area contributed by atoms with Gasteiger partial charge in [0, 0.05) is 24.6 Å². The molecule has 2 rings (SSSR count). The molecule has 0 aromatic heterocycles. The van der Waals surface area contributed by atoms with Gasteiger partial charge in [-0.2, -0.15) is 0 Å². The molecule has 0 radical (unpaired) electrons. The summed E-state index contributed by atoms with van der Waals surface area (Å²) < 4.78 is 5.71. The van der Waals surface area contributed by atoms with Crippen LogP contribution in [0.5, 0.6) is 5.75 Å². The minimum Gasteiger partial charge on any atom is -0.494 e. The maximum Gasteiger partial charge on any atom is 0.223 e. The number of likely N-dealkylation sites (tertiary alicyclic amines) is 1. The lowest BCUT2D eigenvalue weighted by molar-refractivity contribution is -0.133. The minimum atomic E-state index is -0.0854. The number of ether oxygens (including phenoxy) is 1. The Morgan fingerprint density at radius 3 is 2.80 bits per heavy atom. The highest BCUT2D eigenvalue weighted by Gasteiger charge is 2.33. The van der Waals surface area contributed by atoms with Gasteiger partial charge < -0.3 is 15.4 Å². The maximum absolute atomic E-state index is 12.3. The summed E-state index contributed by atoms with van der Waals surface area (Å²) in [6, 6.07) is 7.79. The summed E-state index contributed by atoms with van der Waals surface area (Å²) in [4.78, 5) is 14.2. The van der Waals surface area contributed by atoms with Gasteiger partial charge in [0.1, 0.15) is 5.75 Å². The monoisotopic (exact) mass is 276 g/mol. The van der Waals surface area contributed by atoms with Crippen molar-refractivity contribution in [2.75, 3.05) is 13.2 Å². The molecule has 20 heavy (non-hydrogen) atoms. The molecule has 0 spiro atoms. The number of hydrogen-bond acceptors (Lipinski definition) is 3. The largest absolute Gasteiger partial charge is 0.494 e. The average Bonchev–Trinajstić information content (AvgIpc) is 2.58. The Balaban J connectivity index is 2.42. The van der Waals surface area contributed by atoms with Crippen LogP contribution in [-0.2, 0) is 4.79 Å². The zero-order valence-electron chi connectivity index (χ0n) is 12.3. The normalized spacial score (nSPS) is 23.6. The standard InChI is InChI=1S/C16H24N2O2/c1-3-18-15(19)11-7-9-13(17)16(18)12-8-5-6-10-14(12)20-4-2/h5-6,8,10,13,16H,3-4,7,9,11,17H2,1-2H3. The number of carbonyl (C=O) groups is 1. The second kappa shape index (κ2) is 6.75. The molecule has 2 N–H and O–H groups in total. The van der Waals surface area contributed by atoms with E-state index in [4.69, 9.17) is 10.5 Å². The number of para-hydroxylation sites is 1. The average molecular weight is 276 g/mol. The quantitative estimate of drug-likeness (QED) is 0.919. The summed E-state index contributed by atoms with van der Waals surface area (Å²) in [5, 5.41) is 0. The highest BCUT2D eigenvalue weighted by atomic mass is 16.5. The molecule has 110 valence electrons. The van der Waals surface area contributed by atoms with Gasteiger partial charge in [0.05, 0.1) is 12.6 Å². The molecule has 2 unspecified atom stereocenters. The lowest BCUT2D eigenvalue weighted by Crippen LogP contribution is -2.42. The molecule has 1 aliphatic heterocycles. The first-order valence-corrected chi connectivity index (χ1v) is 7.45. The molecule has 0 bridgehead atoms. The SMILES string of the molecule is CCOc1ccccc1C1C(N)CCCC(=O)N1CC. The van der Waals surface area contributed by atoms with Crippen LogP contribution in [0, 0.1) is 0 Å². The van der Waals surface area contributed by atoms with Crippen LogP contribution in [0.3, 0.4) is 0 Å². The first-order chi connectivity index (χ1) is 9.69. The van der Waals surface area contributed by atoms with E-state index in [1.807, 2.05) is 43.0 Å². The molecular formula is C16H24N2O2. The van der Waals surface area contributed by atoms with Gasteiger partial charge in [0.2, 0.25) is 5.91 Å². The van der Waals surface area contributed by atoms with Crippen molar-refractivity contribution in [3.63, 3.8) is 0 Å². The van der Waals surface area contributed by atoms with Gasteiger partial charge in [-0.1, -0.05) is 18.2 Å². The lowest BCUT2D eigenvalue weighted by Gasteiger charge is -2.34. The second-order valence-electron chi connectivity index (χ2n) is 5.15. The first kappa shape index (κ1) is 14.9. The van der Waals surface area contributed by atoms with Crippen LogP contribution in [0.2, 0.25) is 0 Å². The molecule has 0 saturated carbocycles. The number of amides is 1. The number of benzene rings is 1. The van der Waals surface area contributed by atoms with Crippen molar-refractivity contribution in [1.82, 2.24) is 4.90 Å². The molecule has 0 aliphatic carbocycles. The molecule has 1 amide bonds. The van der Waals surface area contributed by atoms with Crippen molar-refractivity contribution in [2.24, 2.45) is 5.73 Å². The maximum atomic E-state index is 12.3. The van der Waals surface area contributed by atoms with Gasteiger partial charge in [0.15, 0.2) is 0 Å². The van der Waals surface area contributed by atoms with E-state index in [0.717, 1.165) is 24.2 Å². The van der Waals surface area contributed by atoms with Crippen molar-refractivity contribution in [3.05, 3.63) is 29.8 Å². The van der Waals surface area contributed by atoms with Crippen LogP contribution >= 0.6 is 0 Å². The predicted molar refractivity (Wildman–Crippen MR) is 79.6 cm³/mol. The number of carbonyl (C=O) groups excluding carboxylic acids is 1. The van der Waals surface area contributed by atoms with Crippen LogP contribution in [0.4, 0.5) is 0 Å². The van der Waals surface area contributed by atoms with E-state index in [2.05, 4.69) is 0 Å². The lowest BCUT2D eigenvalue weighted by atomic mass is 9.95. The van der Waals surface area contributed by atoms with Crippen molar-refractivity contribution in [3.8, 4) is 5.75 Å². The fraction of sp³-hybridized carbons (Fsp3) is 0.562.